The van der Waals surface area contributed by atoms with Gasteiger partial charge in [-0.1, -0.05) is 32.6 Å². The molecule has 0 aromatic rings. The van der Waals surface area contributed by atoms with Crippen molar-refractivity contribution in [3.8, 4) is 0 Å². The lowest BCUT2D eigenvalue weighted by Gasteiger charge is -2.30. The van der Waals surface area contributed by atoms with Gasteiger partial charge >= 0.3 is 0 Å². The van der Waals surface area contributed by atoms with Crippen LogP contribution in [-0.2, 0) is 15.6 Å². The van der Waals surface area contributed by atoms with Crippen LogP contribution in [0.2, 0.25) is 0 Å². The first-order valence-corrected chi connectivity index (χ1v) is 10.1. The summed E-state index contributed by atoms with van der Waals surface area (Å²) in [6, 6.07) is -0.0203. The molecule has 0 radical (unpaired) electrons. The van der Waals surface area contributed by atoms with Crippen LogP contribution in [0.4, 0.5) is 0 Å². The van der Waals surface area contributed by atoms with Crippen LogP contribution < -0.4 is 5.32 Å². The molecule has 1 aliphatic carbocycles. The molecule has 1 N–H and O–H groups in total. The van der Waals surface area contributed by atoms with E-state index >= 15 is 0 Å². The van der Waals surface area contributed by atoms with Crippen molar-refractivity contribution < 1.29 is 9.00 Å². The van der Waals surface area contributed by atoms with Crippen LogP contribution in [-0.4, -0.2) is 45.3 Å². The van der Waals surface area contributed by atoms with E-state index in [4.69, 9.17) is 0 Å². The lowest BCUT2D eigenvalue weighted by molar-refractivity contribution is -0.130. The number of amides is 1. The number of rotatable bonds is 7. The molecule has 122 valence electrons. The monoisotopic (exact) mass is 314 g/mol. The first kappa shape index (κ1) is 16.9. The summed E-state index contributed by atoms with van der Waals surface area (Å²) in [6.45, 7) is 4.77. The van der Waals surface area contributed by atoms with E-state index in [2.05, 4.69) is 12.2 Å². The Morgan fingerprint density at radius 3 is 2.62 bits per heavy atom. The minimum atomic E-state index is -0.876. The van der Waals surface area contributed by atoms with Gasteiger partial charge < -0.3 is 4.90 Å². The molecule has 2 rings (SSSR count). The van der Waals surface area contributed by atoms with Gasteiger partial charge in [0.25, 0.3) is 0 Å². The molecule has 5 heteroatoms. The van der Waals surface area contributed by atoms with E-state index in [1.807, 2.05) is 11.8 Å². The van der Waals surface area contributed by atoms with Crippen molar-refractivity contribution in [2.24, 2.45) is 5.92 Å². The fourth-order valence-corrected chi connectivity index (χ4v) is 3.94. The third-order valence-electron chi connectivity index (χ3n) is 5.00. The molecular weight excluding hydrogens is 284 g/mol. The molecule has 21 heavy (non-hydrogen) atoms. The van der Waals surface area contributed by atoms with Crippen LogP contribution in [0.25, 0.3) is 0 Å². The highest BCUT2D eigenvalue weighted by atomic mass is 32.2. The van der Waals surface area contributed by atoms with E-state index < -0.39 is 10.8 Å². The van der Waals surface area contributed by atoms with Gasteiger partial charge in [-0.15, -0.1) is 0 Å². The zero-order chi connectivity index (χ0) is 15.4. The topological polar surface area (TPSA) is 49.4 Å². The molecule has 1 saturated carbocycles. The number of hydrogen-bond acceptors (Lipinski definition) is 3. The van der Waals surface area contributed by atoms with Crippen LogP contribution in [0.15, 0.2) is 0 Å². The fraction of sp³-hybridized carbons (Fsp3) is 0.938. The lowest BCUT2D eigenvalue weighted by atomic mass is 10.0. The van der Waals surface area contributed by atoms with Crippen molar-refractivity contribution in [3.05, 3.63) is 0 Å². The van der Waals surface area contributed by atoms with Gasteiger partial charge in [0.15, 0.2) is 0 Å². The summed E-state index contributed by atoms with van der Waals surface area (Å²) in [5, 5.41) is 3.64. The van der Waals surface area contributed by atoms with Gasteiger partial charge in [0.05, 0.1) is 12.2 Å². The van der Waals surface area contributed by atoms with Crippen LogP contribution in [0.3, 0.4) is 0 Å². The SMILES string of the molecule is CCCCC1NC(C2CCCC2)N(CC(C)S(C)=O)C1=O. The van der Waals surface area contributed by atoms with Crippen LogP contribution in [0, 0.1) is 5.92 Å². The van der Waals surface area contributed by atoms with E-state index in [0.29, 0.717) is 12.5 Å². The normalized spacial score (nSPS) is 30.0. The van der Waals surface area contributed by atoms with Crippen molar-refractivity contribution in [1.82, 2.24) is 10.2 Å². The van der Waals surface area contributed by atoms with Crippen LogP contribution in [0.5, 0.6) is 0 Å². The van der Waals surface area contributed by atoms with Gasteiger partial charge in [0.2, 0.25) is 5.91 Å². The summed E-state index contributed by atoms with van der Waals surface area (Å²) < 4.78 is 11.7. The second-order valence-corrected chi connectivity index (χ2v) is 8.45. The van der Waals surface area contributed by atoms with E-state index in [9.17, 15) is 9.00 Å². The molecular formula is C16H30N2O2S. The molecule has 1 amide bonds. The average Bonchev–Trinajstić information content (AvgIpc) is 3.07. The molecule has 1 aliphatic heterocycles. The maximum atomic E-state index is 12.7. The van der Waals surface area contributed by atoms with Crippen molar-refractivity contribution in [2.75, 3.05) is 12.8 Å². The summed E-state index contributed by atoms with van der Waals surface area (Å²) in [7, 11) is -0.876. The van der Waals surface area contributed by atoms with E-state index in [-0.39, 0.29) is 23.4 Å². The molecule has 0 spiro atoms. The molecule has 4 nitrogen and oxygen atoms in total. The Kier molecular flexibility index (Phi) is 6.23. The van der Waals surface area contributed by atoms with Crippen molar-refractivity contribution >= 4 is 16.7 Å². The molecule has 0 aromatic carbocycles. The van der Waals surface area contributed by atoms with Gasteiger partial charge in [-0.05, 0) is 32.1 Å². The third kappa shape index (κ3) is 4.07. The van der Waals surface area contributed by atoms with Crippen molar-refractivity contribution in [3.63, 3.8) is 0 Å². The highest BCUT2D eigenvalue weighted by molar-refractivity contribution is 7.84. The Morgan fingerprint density at radius 1 is 1.38 bits per heavy atom. The Labute approximate surface area is 131 Å². The summed E-state index contributed by atoms with van der Waals surface area (Å²) in [5.41, 5.74) is 0. The Hall–Kier alpha value is -0.420. The number of hydrogen-bond donors (Lipinski definition) is 1. The summed E-state index contributed by atoms with van der Waals surface area (Å²) in [5.74, 6) is 0.815. The second kappa shape index (κ2) is 7.73. The predicted molar refractivity (Wildman–Crippen MR) is 87.4 cm³/mol. The van der Waals surface area contributed by atoms with Gasteiger partial charge in [-0.3, -0.25) is 14.3 Å². The van der Waals surface area contributed by atoms with E-state index in [0.717, 1.165) is 19.3 Å². The van der Waals surface area contributed by atoms with E-state index in [1.165, 1.54) is 25.7 Å². The van der Waals surface area contributed by atoms with Gasteiger partial charge in [-0.2, -0.15) is 0 Å². The number of carbonyl (C=O) groups is 1. The van der Waals surface area contributed by atoms with Crippen LogP contribution >= 0.6 is 0 Å². The predicted octanol–water partition coefficient (Wildman–Crippen LogP) is 2.26. The summed E-state index contributed by atoms with van der Waals surface area (Å²) in [6.07, 6.45) is 10.0. The molecule has 0 bridgehead atoms. The largest absolute Gasteiger partial charge is 0.324 e. The first-order chi connectivity index (χ1) is 10.0. The maximum Gasteiger partial charge on any atom is 0.241 e. The van der Waals surface area contributed by atoms with Crippen molar-refractivity contribution in [1.29, 1.82) is 0 Å². The Balaban J connectivity index is 2.07. The first-order valence-electron chi connectivity index (χ1n) is 8.43. The minimum absolute atomic E-state index is 0.0203. The highest BCUT2D eigenvalue weighted by Gasteiger charge is 2.43. The highest BCUT2D eigenvalue weighted by Crippen LogP contribution is 2.32. The maximum absolute atomic E-state index is 12.7. The molecule has 1 heterocycles. The number of carbonyl (C=O) groups excluding carboxylic acids is 1. The smallest absolute Gasteiger partial charge is 0.241 e. The summed E-state index contributed by atoms with van der Waals surface area (Å²) in [4.78, 5) is 14.7. The Morgan fingerprint density at radius 2 is 2.05 bits per heavy atom. The number of unbranched alkanes of at least 4 members (excludes halogenated alkanes) is 1. The van der Waals surface area contributed by atoms with E-state index in [1.54, 1.807) is 6.26 Å². The number of nitrogens with one attached hydrogen (secondary N) is 1. The zero-order valence-corrected chi connectivity index (χ0v) is 14.5. The number of nitrogens with zero attached hydrogens (tertiary/aromatic N) is 1. The average molecular weight is 314 g/mol. The molecule has 1 saturated heterocycles. The minimum Gasteiger partial charge on any atom is -0.324 e. The second-order valence-electron chi connectivity index (χ2n) is 6.65. The third-order valence-corrected chi connectivity index (χ3v) is 6.28. The molecule has 0 aromatic heterocycles. The van der Waals surface area contributed by atoms with Gasteiger partial charge in [0, 0.05) is 28.9 Å². The molecule has 4 unspecified atom stereocenters. The summed E-state index contributed by atoms with van der Waals surface area (Å²) >= 11 is 0. The zero-order valence-electron chi connectivity index (χ0n) is 13.6. The van der Waals surface area contributed by atoms with Gasteiger partial charge in [0.1, 0.15) is 0 Å². The molecule has 2 fully saturated rings. The molecule has 2 aliphatic rings. The standard InChI is InChI=1S/C16H30N2O2S/c1-4-5-10-14-16(19)18(11-12(2)21(3)20)15(17-14)13-8-6-7-9-13/h12-15,17H,4-11H2,1-3H3. The van der Waals surface area contributed by atoms with Crippen molar-refractivity contribution in [2.45, 2.75) is 76.3 Å². The Bertz CT molecular complexity index is 382. The lowest BCUT2D eigenvalue weighted by Crippen LogP contribution is -2.45. The fourth-order valence-electron chi connectivity index (χ4n) is 3.57. The van der Waals surface area contributed by atoms with Crippen LogP contribution in [0.1, 0.15) is 58.8 Å². The van der Waals surface area contributed by atoms with Gasteiger partial charge in [-0.25, -0.2) is 0 Å². The quantitative estimate of drug-likeness (QED) is 0.784. The molecule has 4 atom stereocenters.